The largest absolute Gasteiger partial charge is 0.461 e. The molecule has 16 heteroatoms. The van der Waals surface area contributed by atoms with Crippen LogP contribution in [0.3, 0.4) is 0 Å². The minimum atomic E-state index is -2.19. The summed E-state index contributed by atoms with van der Waals surface area (Å²) in [6, 6.07) is 11.3. The first-order valence-electron chi connectivity index (χ1n) is 15.9. The molecule has 0 aliphatic carbocycles. The van der Waals surface area contributed by atoms with Crippen LogP contribution in [0.2, 0.25) is 18.1 Å². The number of carbonyl (C=O) groups is 2. The van der Waals surface area contributed by atoms with Gasteiger partial charge in [0.05, 0.1) is 34.5 Å². The Labute approximate surface area is 290 Å². The van der Waals surface area contributed by atoms with Gasteiger partial charge in [0.1, 0.15) is 18.9 Å². The second kappa shape index (κ2) is 15.1. The molecule has 0 saturated carbocycles. The van der Waals surface area contributed by atoms with Crippen molar-refractivity contribution < 1.29 is 33.3 Å². The number of nitro groups is 2. The van der Waals surface area contributed by atoms with Crippen molar-refractivity contribution in [1.82, 2.24) is 4.90 Å². The van der Waals surface area contributed by atoms with Gasteiger partial charge in [-0.2, -0.15) is 0 Å². The van der Waals surface area contributed by atoms with Crippen LogP contribution in [0.15, 0.2) is 64.1 Å². The summed E-state index contributed by atoms with van der Waals surface area (Å²) in [6.45, 7) is 14.8. The summed E-state index contributed by atoms with van der Waals surface area (Å²) in [4.78, 5) is 54.7. The number of thioether (sulfide) groups is 1. The van der Waals surface area contributed by atoms with Crippen molar-refractivity contribution in [1.29, 1.82) is 0 Å². The number of nitro benzene ring substituents is 2. The van der Waals surface area contributed by atoms with Gasteiger partial charge in [-0.15, -0.1) is 11.8 Å². The second-order valence-corrected chi connectivity index (χ2v) is 19.5. The summed E-state index contributed by atoms with van der Waals surface area (Å²) in [5.74, 6) is -1.03. The highest BCUT2D eigenvalue weighted by atomic mass is 32.2. The second-order valence-electron chi connectivity index (χ2n) is 13.6. The molecule has 0 radical (unpaired) electrons. The van der Waals surface area contributed by atoms with E-state index in [1.165, 1.54) is 53.1 Å². The summed E-state index contributed by atoms with van der Waals surface area (Å²) < 4.78 is 17.8. The lowest BCUT2D eigenvalue weighted by Crippen LogP contribution is -2.65. The van der Waals surface area contributed by atoms with Gasteiger partial charge < -0.3 is 24.5 Å². The van der Waals surface area contributed by atoms with E-state index in [0.29, 0.717) is 21.8 Å². The van der Waals surface area contributed by atoms with Gasteiger partial charge in [0.2, 0.25) is 5.91 Å². The fourth-order valence-corrected chi connectivity index (χ4v) is 8.12. The van der Waals surface area contributed by atoms with Crippen LogP contribution in [-0.4, -0.2) is 65.4 Å². The standard InChI is InChI=1S/C33H43N5O9SSi/c1-20-27-26(21(2)47-49(6,7)33(3,4)5)30(39)36(27)28(31(40)45-18-22-8-12-24(13-9-22)37(41)42)29(20)48-17-16-35-32(34)46-19-23-10-14-25(15-11-23)38(43)44/h8-15,20-21,26-27H,16-19H2,1-7H3,(H2,34,35)/t20-,21-,26-,27-/m1/s1. The van der Waals surface area contributed by atoms with E-state index in [0.717, 1.165) is 0 Å². The van der Waals surface area contributed by atoms with Crippen LogP contribution in [0, 0.1) is 32.1 Å². The first kappa shape index (κ1) is 37.5. The Bertz CT molecular complexity index is 1640. The Kier molecular flexibility index (Phi) is 11.6. The molecule has 2 N–H and O–H groups in total. The zero-order valence-electron chi connectivity index (χ0n) is 28.7. The molecule has 0 aromatic heterocycles. The van der Waals surface area contributed by atoms with Gasteiger partial charge in [-0.25, -0.2) is 9.79 Å². The van der Waals surface area contributed by atoms with Crippen LogP contribution >= 0.6 is 11.8 Å². The first-order valence-corrected chi connectivity index (χ1v) is 19.8. The summed E-state index contributed by atoms with van der Waals surface area (Å²) in [5.41, 5.74) is 7.30. The molecule has 49 heavy (non-hydrogen) atoms. The SMILES string of the molecule is C[C@@H](O[Si](C)(C)C(C)(C)C)[C@H]1C(=O)N2C(C(=O)OCc3ccc([N+](=O)[O-])cc3)=C(SCCN=C(N)OCc3ccc([N+](=O)[O-])cc3)[C@H](C)[C@H]12. The van der Waals surface area contributed by atoms with Crippen molar-refractivity contribution >= 4 is 49.4 Å². The molecule has 0 spiro atoms. The van der Waals surface area contributed by atoms with Crippen molar-refractivity contribution in [3.63, 3.8) is 0 Å². The quantitative estimate of drug-likeness (QED) is 0.0358. The summed E-state index contributed by atoms with van der Waals surface area (Å²) in [7, 11) is -2.19. The zero-order chi connectivity index (χ0) is 36.3. The predicted molar refractivity (Wildman–Crippen MR) is 188 cm³/mol. The number of hydrogen-bond acceptors (Lipinski definition) is 11. The molecular formula is C33H43N5O9SSi. The number of hydrogen-bond donors (Lipinski definition) is 1. The monoisotopic (exact) mass is 713 g/mol. The Morgan fingerprint density at radius 2 is 1.51 bits per heavy atom. The molecule has 2 heterocycles. The fraction of sp³-hybridized carbons (Fsp3) is 0.485. The molecule has 4 rings (SSSR count). The third kappa shape index (κ3) is 8.48. The van der Waals surface area contributed by atoms with E-state index in [1.807, 2.05) is 13.8 Å². The van der Waals surface area contributed by atoms with Crippen molar-refractivity contribution in [3.8, 4) is 0 Å². The van der Waals surface area contributed by atoms with Gasteiger partial charge in [0, 0.05) is 40.8 Å². The molecule has 14 nitrogen and oxygen atoms in total. The van der Waals surface area contributed by atoms with E-state index in [9.17, 15) is 29.8 Å². The number of carbonyl (C=O) groups excluding carboxylic acids is 2. The highest BCUT2D eigenvalue weighted by Crippen LogP contribution is 2.52. The maximum Gasteiger partial charge on any atom is 0.356 e. The topological polar surface area (TPSA) is 190 Å². The number of amidine groups is 1. The van der Waals surface area contributed by atoms with Crippen molar-refractivity contribution in [2.45, 2.75) is 78.1 Å². The van der Waals surface area contributed by atoms with E-state index in [4.69, 9.17) is 19.6 Å². The van der Waals surface area contributed by atoms with Crippen molar-refractivity contribution in [2.75, 3.05) is 12.3 Å². The summed E-state index contributed by atoms with van der Waals surface area (Å²) in [5, 5.41) is 21.8. The predicted octanol–water partition coefficient (Wildman–Crippen LogP) is 5.91. The lowest BCUT2D eigenvalue weighted by atomic mass is 9.79. The van der Waals surface area contributed by atoms with Crippen LogP contribution < -0.4 is 5.73 Å². The number of esters is 1. The Morgan fingerprint density at radius 1 is 1.00 bits per heavy atom. The van der Waals surface area contributed by atoms with Gasteiger partial charge in [-0.3, -0.25) is 25.0 Å². The number of ether oxygens (including phenoxy) is 2. The van der Waals surface area contributed by atoms with E-state index in [1.54, 1.807) is 12.1 Å². The van der Waals surface area contributed by atoms with Crippen LogP contribution in [0.25, 0.3) is 0 Å². The Hall–Kier alpha value is -4.28. The maximum absolute atomic E-state index is 13.7. The first-order chi connectivity index (χ1) is 22.9. The average Bonchev–Trinajstić information content (AvgIpc) is 3.27. The van der Waals surface area contributed by atoms with Gasteiger partial charge in [0.15, 0.2) is 8.32 Å². The molecule has 1 amide bonds. The van der Waals surface area contributed by atoms with Crippen LogP contribution in [0.5, 0.6) is 0 Å². The van der Waals surface area contributed by atoms with Gasteiger partial charge >= 0.3 is 5.97 Å². The van der Waals surface area contributed by atoms with E-state index >= 15 is 0 Å². The Morgan fingerprint density at radius 3 is 2.00 bits per heavy atom. The van der Waals surface area contributed by atoms with Gasteiger partial charge in [-0.05, 0) is 60.4 Å². The highest BCUT2D eigenvalue weighted by molar-refractivity contribution is 8.03. The number of β-lactam (4-membered cyclic amide) rings is 1. The molecule has 2 aromatic rings. The summed E-state index contributed by atoms with van der Waals surface area (Å²) >= 11 is 1.39. The number of aliphatic imine (C=N–C) groups is 1. The highest BCUT2D eigenvalue weighted by Gasteiger charge is 2.61. The molecular weight excluding hydrogens is 671 g/mol. The number of amides is 1. The van der Waals surface area contributed by atoms with Crippen molar-refractivity contribution in [3.05, 3.63) is 90.5 Å². The average molecular weight is 714 g/mol. The number of nitrogens with two attached hydrogens (primary N) is 1. The van der Waals surface area contributed by atoms with Crippen LogP contribution in [0.4, 0.5) is 11.4 Å². The maximum atomic E-state index is 13.7. The molecule has 0 bridgehead atoms. The number of rotatable bonds is 14. The molecule has 1 saturated heterocycles. The third-order valence-electron chi connectivity index (χ3n) is 9.24. The smallest absolute Gasteiger partial charge is 0.356 e. The zero-order valence-corrected chi connectivity index (χ0v) is 30.5. The molecule has 4 atom stereocenters. The molecule has 1 fully saturated rings. The van der Waals surface area contributed by atoms with Gasteiger partial charge in [-0.1, -0.05) is 27.7 Å². The Balaban J connectivity index is 1.46. The number of non-ortho nitro benzene ring substituents is 2. The number of fused-ring (bicyclic) bond motifs is 1. The third-order valence-corrected chi connectivity index (χ3v) is 15.1. The summed E-state index contributed by atoms with van der Waals surface area (Å²) in [6.07, 6.45) is -0.351. The van der Waals surface area contributed by atoms with E-state index in [2.05, 4.69) is 38.9 Å². The molecule has 2 aromatic carbocycles. The number of benzene rings is 2. The van der Waals surface area contributed by atoms with Crippen LogP contribution in [-0.2, 0) is 36.7 Å². The fourth-order valence-electron chi connectivity index (χ4n) is 5.57. The molecule has 2 aliphatic rings. The minimum absolute atomic E-state index is 0.0252. The molecule has 2 aliphatic heterocycles. The van der Waals surface area contributed by atoms with Gasteiger partial charge in [0.25, 0.3) is 17.4 Å². The van der Waals surface area contributed by atoms with E-state index < -0.39 is 30.1 Å². The number of nitrogens with zero attached hydrogens (tertiary/aromatic N) is 4. The van der Waals surface area contributed by atoms with E-state index in [-0.39, 0.29) is 71.9 Å². The van der Waals surface area contributed by atoms with Crippen LogP contribution in [0.1, 0.15) is 45.7 Å². The minimum Gasteiger partial charge on any atom is -0.461 e. The van der Waals surface area contributed by atoms with Crippen molar-refractivity contribution in [2.24, 2.45) is 22.6 Å². The molecule has 264 valence electrons. The lowest BCUT2D eigenvalue weighted by molar-refractivity contribution is -0.385. The normalized spacial score (nSPS) is 20.1. The molecule has 0 unspecified atom stereocenters. The lowest BCUT2D eigenvalue weighted by Gasteiger charge is -2.50.